The molecule has 1 unspecified atom stereocenters. The van der Waals surface area contributed by atoms with Gasteiger partial charge in [-0.2, -0.15) is 0 Å². The maximum atomic E-state index is 12.3. The lowest BCUT2D eigenvalue weighted by Crippen LogP contribution is -2.45. The summed E-state index contributed by atoms with van der Waals surface area (Å²) in [7, 11) is 1.87. The van der Waals surface area contributed by atoms with Crippen LogP contribution in [0.25, 0.3) is 0 Å². The largest absolute Gasteiger partial charge is 0.444 e. The third kappa shape index (κ3) is 5.26. The van der Waals surface area contributed by atoms with Gasteiger partial charge in [0.25, 0.3) is 0 Å². The maximum absolute atomic E-state index is 12.3. The fraction of sp³-hybridized carbons (Fsp3) is 0.647. The average molecular weight is 334 g/mol. The van der Waals surface area contributed by atoms with E-state index >= 15 is 0 Å². The fourth-order valence-corrected chi connectivity index (χ4v) is 2.78. The maximum Gasteiger partial charge on any atom is 0.410 e. The average Bonchev–Trinajstić information content (AvgIpc) is 2.94. The van der Waals surface area contributed by atoms with Gasteiger partial charge in [0.1, 0.15) is 11.3 Å². The molecular weight excluding hydrogens is 308 g/mol. The van der Waals surface area contributed by atoms with Crippen LogP contribution in [0.5, 0.6) is 0 Å². The van der Waals surface area contributed by atoms with Crippen molar-refractivity contribution in [3.05, 3.63) is 24.3 Å². The van der Waals surface area contributed by atoms with Gasteiger partial charge < -0.3 is 9.64 Å². The third-order valence-corrected chi connectivity index (χ3v) is 3.79. The van der Waals surface area contributed by atoms with Crippen molar-refractivity contribution in [1.29, 1.82) is 0 Å². The second-order valence-corrected chi connectivity index (χ2v) is 7.18. The van der Waals surface area contributed by atoms with Gasteiger partial charge in [-0.25, -0.2) is 9.78 Å². The number of amides is 1. The lowest BCUT2D eigenvalue weighted by molar-refractivity contribution is 0.0205. The second kappa shape index (κ2) is 7.70. The zero-order valence-electron chi connectivity index (χ0n) is 14.9. The van der Waals surface area contributed by atoms with Crippen LogP contribution >= 0.6 is 0 Å². The van der Waals surface area contributed by atoms with Crippen LogP contribution in [0.15, 0.2) is 18.6 Å². The molecule has 1 saturated heterocycles. The highest BCUT2D eigenvalue weighted by Crippen LogP contribution is 2.21. The van der Waals surface area contributed by atoms with E-state index in [0.717, 1.165) is 12.8 Å². The van der Waals surface area contributed by atoms with Crippen LogP contribution in [0.3, 0.4) is 0 Å². The molecule has 7 nitrogen and oxygen atoms in total. The smallest absolute Gasteiger partial charge is 0.410 e. The van der Waals surface area contributed by atoms with Crippen LogP contribution < -0.4 is 0 Å². The molecule has 0 aliphatic carbocycles. The van der Waals surface area contributed by atoms with E-state index in [0.29, 0.717) is 18.8 Å². The summed E-state index contributed by atoms with van der Waals surface area (Å²) in [5.41, 5.74) is -0.141. The molecule has 1 fully saturated rings. The van der Waals surface area contributed by atoms with E-state index in [4.69, 9.17) is 4.74 Å². The molecule has 0 aromatic carbocycles. The predicted octanol–water partition coefficient (Wildman–Crippen LogP) is 1.99. The zero-order chi connectivity index (χ0) is 17.7. The molecule has 0 radical (unpaired) electrons. The van der Waals surface area contributed by atoms with E-state index < -0.39 is 5.60 Å². The highest BCUT2D eigenvalue weighted by Gasteiger charge is 2.32. The lowest BCUT2D eigenvalue weighted by atomic mass is 10.2. The molecule has 132 valence electrons. The van der Waals surface area contributed by atoms with Crippen molar-refractivity contribution in [3.8, 4) is 0 Å². The Morgan fingerprint density at radius 1 is 1.38 bits per heavy atom. The molecule has 2 rings (SSSR count). The number of rotatable bonds is 5. The van der Waals surface area contributed by atoms with Crippen LogP contribution in [-0.4, -0.2) is 70.0 Å². The molecule has 1 aliphatic heterocycles. The SMILES string of the molecule is CN(CC(=O)c1cnccn1)CC1CCCN1C(=O)OC(C)(C)C. The molecule has 1 atom stereocenters. The standard InChI is InChI=1S/C17H26N4O3/c1-17(2,3)24-16(23)21-9-5-6-13(21)11-20(4)12-15(22)14-10-18-7-8-19-14/h7-8,10,13H,5-6,9,11-12H2,1-4H3. The Balaban J connectivity index is 1.89. The van der Waals surface area contributed by atoms with E-state index in [-0.39, 0.29) is 24.5 Å². The van der Waals surface area contributed by atoms with Crippen molar-refractivity contribution in [2.75, 3.05) is 26.7 Å². The Labute approximate surface area is 143 Å². The number of aromatic nitrogens is 2. The Hall–Kier alpha value is -2.02. The Morgan fingerprint density at radius 2 is 2.12 bits per heavy atom. The molecule has 7 heteroatoms. The topological polar surface area (TPSA) is 75.6 Å². The van der Waals surface area contributed by atoms with Crippen LogP contribution in [0, 0.1) is 0 Å². The van der Waals surface area contributed by atoms with Gasteiger partial charge in [0.2, 0.25) is 0 Å². The van der Waals surface area contributed by atoms with Crippen molar-refractivity contribution in [1.82, 2.24) is 19.8 Å². The highest BCUT2D eigenvalue weighted by molar-refractivity contribution is 5.95. The van der Waals surface area contributed by atoms with Crippen LogP contribution in [0.4, 0.5) is 4.79 Å². The molecular formula is C17H26N4O3. The molecule has 0 saturated carbocycles. The summed E-state index contributed by atoms with van der Waals surface area (Å²) in [6.07, 6.45) is 6.11. The highest BCUT2D eigenvalue weighted by atomic mass is 16.6. The summed E-state index contributed by atoms with van der Waals surface area (Å²) in [5.74, 6) is -0.0765. The quantitative estimate of drug-likeness (QED) is 0.767. The number of ether oxygens (including phenoxy) is 1. The van der Waals surface area contributed by atoms with E-state index in [9.17, 15) is 9.59 Å². The first-order chi connectivity index (χ1) is 11.3. The summed E-state index contributed by atoms with van der Waals surface area (Å²) >= 11 is 0. The van der Waals surface area contributed by atoms with Gasteiger partial charge in [0.05, 0.1) is 12.7 Å². The first-order valence-corrected chi connectivity index (χ1v) is 8.23. The zero-order valence-corrected chi connectivity index (χ0v) is 14.9. The molecule has 0 N–H and O–H groups in total. The molecule has 1 aromatic rings. The summed E-state index contributed by atoms with van der Waals surface area (Å²) in [5, 5.41) is 0. The Morgan fingerprint density at radius 3 is 2.75 bits per heavy atom. The number of hydrogen-bond donors (Lipinski definition) is 0. The fourth-order valence-electron chi connectivity index (χ4n) is 2.78. The number of likely N-dealkylation sites (N-methyl/N-ethyl adjacent to an activating group) is 1. The minimum atomic E-state index is -0.502. The van der Waals surface area contributed by atoms with Gasteiger partial charge in [0, 0.05) is 31.5 Å². The van der Waals surface area contributed by atoms with Crippen LogP contribution in [0.2, 0.25) is 0 Å². The first-order valence-electron chi connectivity index (χ1n) is 8.23. The monoisotopic (exact) mass is 334 g/mol. The van der Waals surface area contributed by atoms with Gasteiger partial charge in [-0.15, -0.1) is 0 Å². The van der Waals surface area contributed by atoms with Gasteiger partial charge in [-0.1, -0.05) is 0 Å². The molecule has 24 heavy (non-hydrogen) atoms. The van der Waals surface area contributed by atoms with Gasteiger partial charge in [0.15, 0.2) is 5.78 Å². The number of nitrogens with zero attached hydrogens (tertiary/aromatic N) is 4. The van der Waals surface area contributed by atoms with E-state index in [2.05, 4.69) is 9.97 Å². The van der Waals surface area contributed by atoms with Gasteiger partial charge in [-0.3, -0.25) is 14.7 Å². The van der Waals surface area contributed by atoms with Crippen molar-refractivity contribution in [2.45, 2.75) is 45.3 Å². The molecule has 1 amide bonds. The summed E-state index contributed by atoms with van der Waals surface area (Å²) in [6.45, 7) is 7.17. The third-order valence-electron chi connectivity index (χ3n) is 3.79. The number of Topliss-reactive ketones (excluding diaryl/α,β-unsaturated/α-hetero) is 1. The van der Waals surface area contributed by atoms with Crippen molar-refractivity contribution in [2.24, 2.45) is 0 Å². The van der Waals surface area contributed by atoms with Crippen LogP contribution in [0.1, 0.15) is 44.1 Å². The molecule has 0 spiro atoms. The minimum Gasteiger partial charge on any atom is -0.444 e. The predicted molar refractivity (Wildman–Crippen MR) is 89.8 cm³/mol. The summed E-state index contributed by atoms with van der Waals surface area (Å²) in [4.78, 5) is 36.1. The number of carbonyl (C=O) groups excluding carboxylic acids is 2. The summed E-state index contributed by atoms with van der Waals surface area (Å²) in [6, 6.07) is 0.0690. The van der Waals surface area contributed by atoms with E-state index in [1.54, 1.807) is 4.90 Å². The first kappa shape index (κ1) is 18.3. The number of ketones is 1. The van der Waals surface area contributed by atoms with E-state index in [1.165, 1.54) is 18.6 Å². The van der Waals surface area contributed by atoms with Crippen LogP contribution in [-0.2, 0) is 4.74 Å². The molecule has 1 aromatic heterocycles. The Bertz CT molecular complexity index is 571. The van der Waals surface area contributed by atoms with Gasteiger partial charge >= 0.3 is 6.09 Å². The molecule has 1 aliphatic rings. The summed E-state index contributed by atoms with van der Waals surface area (Å²) < 4.78 is 5.47. The van der Waals surface area contributed by atoms with Crippen molar-refractivity contribution < 1.29 is 14.3 Å². The number of likely N-dealkylation sites (tertiary alicyclic amines) is 1. The van der Waals surface area contributed by atoms with Gasteiger partial charge in [-0.05, 0) is 40.7 Å². The number of hydrogen-bond acceptors (Lipinski definition) is 6. The molecule has 2 heterocycles. The lowest BCUT2D eigenvalue weighted by Gasteiger charge is -2.30. The van der Waals surface area contributed by atoms with E-state index in [1.807, 2.05) is 32.7 Å². The normalized spacial score (nSPS) is 18.0. The number of carbonyl (C=O) groups is 2. The minimum absolute atomic E-state index is 0.0690. The second-order valence-electron chi connectivity index (χ2n) is 7.18. The molecule has 0 bridgehead atoms. The Kier molecular flexibility index (Phi) is 5.88. The van der Waals surface area contributed by atoms with Crippen molar-refractivity contribution >= 4 is 11.9 Å². The van der Waals surface area contributed by atoms with Crippen molar-refractivity contribution in [3.63, 3.8) is 0 Å².